The van der Waals surface area contributed by atoms with Crippen molar-refractivity contribution in [1.82, 2.24) is 15.3 Å². The van der Waals surface area contributed by atoms with Crippen LogP contribution in [0.1, 0.15) is 38.8 Å². The SMILES string of the molecule is C=C1NC(=O)C=CN1[C@@H]1O[C@H](CO[PH](O)(N[C@@H](C)C(=O)OC(C)C)Oc2ccc(C#Cc3ccccc3)cc2)[C@@H](O)[C@@]1(C)F. The van der Waals surface area contributed by atoms with Crippen LogP contribution >= 0.6 is 8.09 Å². The maximum atomic E-state index is 15.8. The number of benzene rings is 2. The molecular formula is C31H37FN3O8P. The third-order valence-electron chi connectivity index (χ3n) is 6.72. The third-order valence-corrected chi connectivity index (χ3v) is 8.59. The number of hydrogen-bond acceptors (Lipinski definition) is 10. The molecule has 2 heterocycles. The molecule has 0 spiro atoms. The number of alkyl halides is 1. The molecule has 0 saturated carbocycles. The summed E-state index contributed by atoms with van der Waals surface area (Å²) in [7, 11) is -4.49. The van der Waals surface area contributed by atoms with Crippen molar-refractivity contribution in [3.63, 3.8) is 0 Å². The van der Waals surface area contributed by atoms with Crippen molar-refractivity contribution in [2.24, 2.45) is 0 Å². The fourth-order valence-corrected chi connectivity index (χ4v) is 6.16. The first-order chi connectivity index (χ1) is 20.8. The Hall–Kier alpha value is -3.82. The number of nitrogens with zero attached hydrogens (tertiary/aromatic N) is 1. The summed E-state index contributed by atoms with van der Waals surface area (Å²) < 4.78 is 38.4. The maximum absolute atomic E-state index is 15.8. The number of aliphatic hydroxyl groups excluding tert-OH is 1. The van der Waals surface area contributed by atoms with Gasteiger partial charge in [0.2, 0.25) is 0 Å². The van der Waals surface area contributed by atoms with Crippen molar-refractivity contribution < 1.29 is 42.5 Å². The molecule has 2 aliphatic rings. The molecule has 5 atom stereocenters. The predicted molar refractivity (Wildman–Crippen MR) is 162 cm³/mol. The molecule has 0 aliphatic carbocycles. The Kier molecular flexibility index (Phi) is 10.4. The predicted octanol–water partition coefficient (Wildman–Crippen LogP) is 3.04. The van der Waals surface area contributed by atoms with Gasteiger partial charge in [-0.2, -0.15) is 0 Å². The Labute approximate surface area is 256 Å². The molecule has 4 rings (SSSR count). The Morgan fingerprint density at radius 1 is 1.18 bits per heavy atom. The molecule has 11 nitrogen and oxygen atoms in total. The number of nitrogens with one attached hydrogen (secondary N) is 2. The summed E-state index contributed by atoms with van der Waals surface area (Å²) in [5.74, 6) is 5.27. The number of aliphatic hydroxyl groups is 1. The van der Waals surface area contributed by atoms with Crippen molar-refractivity contribution in [2.45, 2.75) is 63.9 Å². The topological polar surface area (TPSA) is 139 Å². The van der Waals surface area contributed by atoms with Crippen molar-refractivity contribution in [3.05, 3.63) is 90.4 Å². The van der Waals surface area contributed by atoms with Gasteiger partial charge in [-0.25, -0.2) is 0 Å². The molecule has 0 radical (unpaired) electrons. The summed E-state index contributed by atoms with van der Waals surface area (Å²) in [5, 5.41) is 16.0. The number of ether oxygens (including phenoxy) is 2. The van der Waals surface area contributed by atoms with Gasteiger partial charge in [-0.15, -0.1) is 0 Å². The molecule has 0 aromatic heterocycles. The summed E-state index contributed by atoms with van der Waals surface area (Å²) in [6, 6.07) is 14.9. The van der Waals surface area contributed by atoms with Crippen LogP contribution in [0.2, 0.25) is 0 Å². The first-order valence-corrected chi connectivity index (χ1v) is 15.7. The molecule has 1 saturated heterocycles. The van der Waals surface area contributed by atoms with Gasteiger partial charge in [-0.3, -0.25) is 0 Å². The number of carbonyl (C=O) groups is 2. The van der Waals surface area contributed by atoms with Gasteiger partial charge in [0, 0.05) is 0 Å². The van der Waals surface area contributed by atoms with E-state index in [1.54, 1.807) is 38.1 Å². The first kappa shape index (κ1) is 33.1. The van der Waals surface area contributed by atoms with Gasteiger partial charge in [-0.1, -0.05) is 0 Å². The number of halogens is 1. The molecule has 0 bridgehead atoms. The Morgan fingerprint density at radius 3 is 2.43 bits per heavy atom. The second-order valence-corrected chi connectivity index (χ2v) is 12.7. The molecule has 2 aliphatic heterocycles. The van der Waals surface area contributed by atoms with Gasteiger partial charge in [0.25, 0.3) is 0 Å². The van der Waals surface area contributed by atoms with E-state index in [1.807, 2.05) is 30.3 Å². The van der Waals surface area contributed by atoms with Crippen LogP contribution in [0.3, 0.4) is 0 Å². The minimum atomic E-state index is -4.49. The Morgan fingerprint density at radius 2 is 1.82 bits per heavy atom. The van der Waals surface area contributed by atoms with E-state index in [2.05, 4.69) is 28.8 Å². The average Bonchev–Trinajstić information content (AvgIpc) is 3.19. The van der Waals surface area contributed by atoms with E-state index >= 15 is 4.39 Å². The van der Waals surface area contributed by atoms with Crippen LogP contribution in [-0.4, -0.2) is 69.6 Å². The molecule has 13 heteroatoms. The molecule has 2 aromatic rings. The van der Waals surface area contributed by atoms with Crippen molar-refractivity contribution >= 4 is 20.0 Å². The first-order valence-electron chi connectivity index (χ1n) is 14.0. The van der Waals surface area contributed by atoms with Gasteiger partial charge >= 0.3 is 256 Å². The number of esters is 1. The number of hydrogen-bond donors (Lipinski definition) is 4. The van der Waals surface area contributed by atoms with E-state index in [0.717, 1.165) is 12.5 Å². The molecule has 44 heavy (non-hydrogen) atoms. The quantitative estimate of drug-likeness (QED) is 0.176. The van der Waals surface area contributed by atoms with E-state index in [4.69, 9.17) is 18.5 Å². The molecule has 4 N–H and O–H groups in total. The van der Waals surface area contributed by atoms with Crippen LogP contribution in [0, 0.1) is 11.8 Å². The van der Waals surface area contributed by atoms with E-state index in [9.17, 15) is 19.6 Å². The Balaban J connectivity index is 1.50. The van der Waals surface area contributed by atoms with E-state index < -0.39 is 62.8 Å². The van der Waals surface area contributed by atoms with E-state index in [1.165, 1.54) is 24.1 Å². The van der Waals surface area contributed by atoms with Gasteiger partial charge in [-0.05, 0) is 0 Å². The van der Waals surface area contributed by atoms with E-state index in [-0.39, 0.29) is 11.6 Å². The number of carbonyl (C=O) groups excluding carboxylic acids is 2. The molecule has 236 valence electrons. The standard InChI is InChI=1S/C31H37FN3O8P/c1-20(2)41-29(38)21(3)34-44(39,43-25-15-13-24(14-16-25)12-11-23-9-7-6-8-10-23)40-19-26-28(37)31(5,32)30(42-26)35-18-17-27(36)33-22(35)4/h6-10,13-18,20-21,26,28,30,34,37,39,44H,4,19H2,1-3,5H3,(H,33,36)/t21-,26+,28+,30+,31+/m0/s1. The fraction of sp³-hybridized carbons (Fsp3) is 0.355. The zero-order valence-corrected chi connectivity index (χ0v) is 25.8. The summed E-state index contributed by atoms with van der Waals surface area (Å²) in [6.07, 6.45) is -2.28. The van der Waals surface area contributed by atoms with Crippen molar-refractivity contribution in [3.8, 4) is 17.6 Å². The third kappa shape index (κ3) is 8.21. The monoisotopic (exact) mass is 629 g/mol. The van der Waals surface area contributed by atoms with Gasteiger partial charge in [0.05, 0.1) is 0 Å². The molecule has 1 fully saturated rings. The van der Waals surface area contributed by atoms with Crippen molar-refractivity contribution in [1.29, 1.82) is 0 Å². The van der Waals surface area contributed by atoms with Crippen LogP contribution < -0.4 is 14.9 Å². The molecule has 2 aromatic carbocycles. The van der Waals surface area contributed by atoms with Gasteiger partial charge in [0.1, 0.15) is 0 Å². The Bertz CT molecular complexity index is 1440. The molecular weight excluding hydrogens is 592 g/mol. The van der Waals surface area contributed by atoms with Crippen LogP contribution in [-0.2, 0) is 23.6 Å². The zero-order valence-electron chi connectivity index (χ0n) is 24.8. The van der Waals surface area contributed by atoms with Gasteiger partial charge in [0.15, 0.2) is 0 Å². The second-order valence-electron chi connectivity index (χ2n) is 10.8. The van der Waals surface area contributed by atoms with E-state index in [0.29, 0.717) is 5.56 Å². The zero-order chi connectivity index (χ0) is 32.1. The minimum absolute atomic E-state index is 0.0606. The van der Waals surface area contributed by atoms with Gasteiger partial charge < -0.3 is 0 Å². The number of amides is 1. The molecule has 0 unspecified atom stereocenters. The fourth-order valence-electron chi connectivity index (χ4n) is 4.45. The van der Waals surface area contributed by atoms with Crippen LogP contribution in [0.4, 0.5) is 4.39 Å². The normalized spacial score (nSPS) is 24.4. The number of rotatable bonds is 10. The van der Waals surface area contributed by atoms with Crippen LogP contribution in [0.5, 0.6) is 5.75 Å². The summed E-state index contributed by atoms with van der Waals surface area (Å²) in [4.78, 5) is 36.9. The average molecular weight is 630 g/mol. The van der Waals surface area contributed by atoms with Crippen LogP contribution in [0.25, 0.3) is 0 Å². The second kappa shape index (κ2) is 13.9. The van der Waals surface area contributed by atoms with Crippen molar-refractivity contribution in [2.75, 3.05) is 6.61 Å². The van der Waals surface area contributed by atoms with Crippen LogP contribution in [0.15, 0.2) is 79.3 Å². The molecule has 1 amide bonds. The summed E-state index contributed by atoms with van der Waals surface area (Å²) >= 11 is 0. The summed E-state index contributed by atoms with van der Waals surface area (Å²) in [6.45, 7) is 9.17. The summed E-state index contributed by atoms with van der Waals surface area (Å²) in [5.41, 5.74) is -0.792.